The monoisotopic (exact) mass is 423 g/mol. The summed E-state index contributed by atoms with van der Waals surface area (Å²) in [5.41, 5.74) is 2.78. The van der Waals surface area contributed by atoms with E-state index in [2.05, 4.69) is 29.8 Å². The van der Waals surface area contributed by atoms with Crippen LogP contribution in [0.2, 0.25) is 0 Å². The van der Waals surface area contributed by atoms with Crippen LogP contribution in [0.4, 0.5) is 5.69 Å². The molecule has 6 nitrogen and oxygen atoms in total. The van der Waals surface area contributed by atoms with E-state index < -0.39 is 0 Å². The molecule has 2 aromatic rings. The molecule has 0 atom stereocenters. The lowest BCUT2D eigenvalue weighted by molar-refractivity contribution is -0.125. The van der Waals surface area contributed by atoms with Crippen molar-refractivity contribution in [3.8, 4) is 0 Å². The highest BCUT2D eigenvalue weighted by Gasteiger charge is 2.16. The van der Waals surface area contributed by atoms with Gasteiger partial charge in [-0.25, -0.2) is 0 Å². The molecule has 0 heterocycles. The third-order valence-electron chi connectivity index (χ3n) is 5.07. The van der Waals surface area contributed by atoms with Crippen molar-refractivity contribution in [1.29, 1.82) is 0 Å². The Morgan fingerprint density at radius 1 is 0.742 bits per heavy atom. The zero-order chi connectivity index (χ0) is 22.6. The van der Waals surface area contributed by atoms with Crippen LogP contribution in [-0.2, 0) is 4.79 Å². The van der Waals surface area contributed by atoms with E-state index in [0.717, 1.165) is 31.2 Å². The number of amides is 3. The largest absolute Gasteiger partial charge is 0.354 e. The number of benzene rings is 2. The Labute approximate surface area is 184 Å². The van der Waals surface area contributed by atoms with Crippen molar-refractivity contribution in [3.05, 3.63) is 65.2 Å². The Bertz CT molecular complexity index is 855. The number of hydrogen-bond acceptors (Lipinski definition) is 3. The van der Waals surface area contributed by atoms with E-state index in [1.54, 1.807) is 36.4 Å². The van der Waals surface area contributed by atoms with E-state index in [-0.39, 0.29) is 23.6 Å². The van der Waals surface area contributed by atoms with Gasteiger partial charge in [0.1, 0.15) is 0 Å². The highest BCUT2D eigenvalue weighted by molar-refractivity contribution is 6.04. The zero-order valence-corrected chi connectivity index (χ0v) is 18.7. The number of rotatable bonds is 11. The van der Waals surface area contributed by atoms with Gasteiger partial charge in [-0.2, -0.15) is 0 Å². The average Bonchev–Trinajstić information content (AvgIpc) is 2.77. The van der Waals surface area contributed by atoms with E-state index in [9.17, 15) is 14.4 Å². The van der Waals surface area contributed by atoms with Gasteiger partial charge in [0.05, 0.1) is 0 Å². The number of carbonyl (C=O) groups excluding carboxylic acids is 3. The third-order valence-corrected chi connectivity index (χ3v) is 5.07. The van der Waals surface area contributed by atoms with Crippen LogP contribution in [0.3, 0.4) is 0 Å². The molecule has 0 spiro atoms. The SMILES string of the molecule is CCCC(CCC)C(=O)NCCNC(=O)c1ccc(NC(=O)c2ccc(C)cc2)cc1. The second-order valence-corrected chi connectivity index (χ2v) is 7.72. The molecule has 0 bridgehead atoms. The van der Waals surface area contributed by atoms with Gasteiger partial charge in [-0.3, -0.25) is 14.4 Å². The minimum absolute atomic E-state index is 0.0494. The maximum atomic E-state index is 12.3. The van der Waals surface area contributed by atoms with Crippen molar-refractivity contribution in [1.82, 2.24) is 10.6 Å². The van der Waals surface area contributed by atoms with Gasteiger partial charge >= 0.3 is 0 Å². The van der Waals surface area contributed by atoms with E-state index in [1.165, 1.54) is 0 Å². The minimum Gasteiger partial charge on any atom is -0.354 e. The molecule has 0 unspecified atom stereocenters. The van der Waals surface area contributed by atoms with Gasteiger partial charge in [0, 0.05) is 35.8 Å². The lowest BCUT2D eigenvalue weighted by atomic mass is 9.97. The normalized spacial score (nSPS) is 10.6. The molecule has 0 saturated carbocycles. The Kier molecular flexibility index (Phi) is 9.75. The maximum Gasteiger partial charge on any atom is 0.255 e. The van der Waals surface area contributed by atoms with Gasteiger partial charge in [-0.15, -0.1) is 0 Å². The van der Waals surface area contributed by atoms with Gasteiger partial charge in [0.2, 0.25) is 5.91 Å². The van der Waals surface area contributed by atoms with E-state index in [1.807, 2.05) is 19.1 Å². The van der Waals surface area contributed by atoms with Gasteiger partial charge in [0.25, 0.3) is 11.8 Å². The van der Waals surface area contributed by atoms with Crippen molar-refractivity contribution in [2.75, 3.05) is 18.4 Å². The molecule has 166 valence electrons. The molecule has 0 aliphatic heterocycles. The summed E-state index contributed by atoms with van der Waals surface area (Å²) in [4.78, 5) is 36.8. The molecule has 3 N–H and O–H groups in total. The summed E-state index contributed by atoms with van der Waals surface area (Å²) in [5.74, 6) is -0.304. The number of nitrogens with one attached hydrogen (secondary N) is 3. The summed E-state index contributed by atoms with van der Waals surface area (Å²) < 4.78 is 0. The average molecular weight is 424 g/mol. The lowest BCUT2D eigenvalue weighted by Crippen LogP contribution is -2.37. The van der Waals surface area contributed by atoms with Gasteiger partial charge < -0.3 is 16.0 Å². The predicted molar refractivity (Wildman–Crippen MR) is 124 cm³/mol. The van der Waals surface area contributed by atoms with Crippen molar-refractivity contribution in [2.45, 2.75) is 46.5 Å². The Balaban J connectivity index is 1.78. The van der Waals surface area contributed by atoms with Crippen LogP contribution in [0, 0.1) is 12.8 Å². The second-order valence-electron chi connectivity index (χ2n) is 7.72. The predicted octanol–water partition coefficient (Wildman–Crippen LogP) is 4.31. The Morgan fingerprint density at radius 2 is 1.26 bits per heavy atom. The molecule has 0 radical (unpaired) electrons. The van der Waals surface area contributed by atoms with Gasteiger partial charge in [-0.05, 0) is 56.2 Å². The van der Waals surface area contributed by atoms with Crippen LogP contribution >= 0.6 is 0 Å². The molecular weight excluding hydrogens is 390 g/mol. The van der Waals surface area contributed by atoms with Gasteiger partial charge in [0.15, 0.2) is 0 Å². The number of aryl methyl sites for hydroxylation is 1. The maximum absolute atomic E-state index is 12.3. The lowest BCUT2D eigenvalue weighted by Gasteiger charge is -2.15. The fourth-order valence-electron chi connectivity index (χ4n) is 3.32. The highest BCUT2D eigenvalue weighted by atomic mass is 16.2. The topological polar surface area (TPSA) is 87.3 Å². The first-order valence-corrected chi connectivity index (χ1v) is 11.0. The van der Waals surface area contributed by atoms with Crippen LogP contribution in [-0.4, -0.2) is 30.8 Å². The van der Waals surface area contributed by atoms with Gasteiger partial charge in [-0.1, -0.05) is 44.4 Å². The Hall–Kier alpha value is -3.15. The van der Waals surface area contributed by atoms with Crippen LogP contribution in [0.15, 0.2) is 48.5 Å². The van der Waals surface area contributed by atoms with E-state index in [0.29, 0.717) is 29.9 Å². The minimum atomic E-state index is -0.218. The van der Waals surface area contributed by atoms with Crippen molar-refractivity contribution in [3.63, 3.8) is 0 Å². The fraction of sp³-hybridized carbons (Fsp3) is 0.400. The molecule has 0 fully saturated rings. The molecule has 0 aromatic heterocycles. The number of hydrogen-bond donors (Lipinski definition) is 3. The van der Waals surface area contributed by atoms with Crippen LogP contribution in [0.25, 0.3) is 0 Å². The fourth-order valence-corrected chi connectivity index (χ4v) is 3.32. The molecule has 3 amide bonds. The van der Waals surface area contributed by atoms with Crippen molar-refractivity contribution < 1.29 is 14.4 Å². The van der Waals surface area contributed by atoms with Crippen LogP contribution in [0.1, 0.15) is 65.8 Å². The summed E-state index contributed by atoms with van der Waals surface area (Å²) in [6.45, 7) is 6.89. The molecule has 0 aliphatic rings. The highest BCUT2D eigenvalue weighted by Crippen LogP contribution is 2.14. The number of carbonyl (C=O) groups is 3. The molecule has 0 aliphatic carbocycles. The van der Waals surface area contributed by atoms with E-state index >= 15 is 0 Å². The summed E-state index contributed by atoms with van der Waals surface area (Å²) in [6, 6.07) is 14.0. The zero-order valence-electron chi connectivity index (χ0n) is 18.7. The quantitative estimate of drug-likeness (QED) is 0.471. The number of anilines is 1. The summed E-state index contributed by atoms with van der Waals surface area (Å²) >= 11 is 0. The van der Waals surface area contributed by atoms with E-state index in [4.69, 9.17) is 0 Å². The molecule has 6 heteroatoms. The molecule has 0 saturated heterocycles. The molecule has 31 heavy (non-hydrogen) atoms. The molecular formula is C25H33N3O3. The first kappa shape index (κ1) is 24.1. The first-order chi connectivity index (χ1) is 14.9. The smallest absolute Gasteiger partial charge is 0.255 e. The van der Waals surface area contributed by atoms with Crippen LogP contribution < -0.4 is 16.0 Å². The first-order valence-electron chi connectivity index (χ1n) is 11.0. The standard InChI is InChI=1S/C25H33N3O3/c1-4-6-19(7-5-2)23(29)26-16-17-27-24(30)20-12-14-22(15-13-20)28-25(31)21-10-8-18(3)9-11-21/h8-15,19H,4-7,16-17H2,1-3H3,(H,26,29)(H,27,30)(H,28,31). The third kappa shape index (κ3) is 7.89. The summed E-state index contributed by atoms with van der Waals surface area (Å²) in [5, 5.41) is 8.54. The molecule has 2 rings (SSSR count). The summed E-state index contributed by atoms with van der Waals surface area (Å²) in [7, 11) is 0. The molecule has 2 aromatic carbocycles. The Morgan fingerprint density at radius 3 is 1.84 bits per heavy atom. The summed E-state index contributed by atoms with van der Waals surface area (Å²) in [6.07, 6.45) is 3.74. The van der Waals surface area contributed by atoms with Crippen molar-refractivity contribution in [2.24, 2.45) is 5.92 Å². The second kappa shape index (κ2) is 12.5. The van der Waals surface area contributed by atoms with Crippen molar-refractivity contribution >= 4 is 23.4 Å². The van der Waals surface area contributed by atoms with Crippen LogP contribution in [0.5, 0.6) is 0 Å².